The Kier molecular flexibility index (Phi) is 8.41. The largest absolute Gasteiger partial charge is 0.490 e. The highest BCUT2D eigenvalue weighted by atomic mass is 79.9. The van der Waals surface area contributed by atoms with Crippen LogP contribution in [-0.2, 0) is 11.2 Å². The molecule has 1 atom stereocenters. The number of carbonyl (C=O) groups excluding carboxylic acids is 1. The summed E-state index contributed by atoms with van der Waals surface area (Å²) < 4.78 is 24.5. The summed E-state index contributed by atoms with van der Waals surface area (Å²) in [6.45, 7) is 9.84. The first-order valence-electron chi connectivity index (χ1n) is 12.4. The number of amides is 1. The van der Waals surface area contributed by atoms with Crippen LogP contribution in [0.5, 0.6) is 23.0 Å². The molecular weight excluding hydrogens is 522 g/mol. The first-order valence-corrected chi connectivity index (χ1v) is 13.2. The molecule has 1 unspecified atom stereocenters. The lowest BCUT2D eigenvalue weighted by Gasteiger charge is -2.38. The molecule has 36 heavy (non-hydrogen) atoms. The quantitative estimate of drug-likeness (QED) is 0.279. The number of hydrogen-bond donors (Lipinski definition) is 0. The highest BCUT2D eigenvalue weighted by Crippen LogP contribution is 2.45. The molecule has 0 N–H and O–H groups in total. The van der Waals surface area contributed by atoms with E-state index in [4.69, 9.17) is 18.9 Å². The van der Waals surface area contributed by atoms with Crippen molar-refractivity contribution in [1.29, 1.82) is 0 Å². The molecule has 6 nitrogen and oxygen atoms in total. The molecular formula is C29H32BrNO5. The summed E-state index contributed by atoms with van der Waals surface area (Å²) in [5.74, 6) is 2.67. The normalized spacial score (nSPS) is 14.9. The molecule has 0 aliphatic carbocycles. The van der Waals surface area contributed by atoms with E-state index < -0.39 is 0 Å². The maximum atomic E-state index is 13.7. The van der Waals surface area contributed by atoms with Crippen LogP contribution in [0.2, 0.25) is 0 Å². The minimum atomic E-state index is -0.382. The van der Waals surface area contributed by atoms with E-state index in [0.29, 0.717) is 49.4 Å². The standard InChI is InChI=1S/C29H32BrNO5/c1-5-33-24-14-9-19(15-25(24)34-6-2)29-23-18-27(36-8-4)26(35-7-3)16-20(23)17-28(32)31(29)22-12-10-21(30)11-13-22/h9-16,18,29H,5-8,17H2,1-4H3. The van der Waals surface area contributed by atoms with Gasteiger partial charge in [-0.1, -0.05) is 22.0 Å². The molecule has 0 spiro atoms. The smallest absolute Gasteiger partial charge is 0.232 e. The molecule has 1 aliphatic heterocycles. The molecule has 0 radical (unpaired) electrons. The number of benzene rings is 3. The number of halogens is 1. The Morgan fingerprint density at radius 1 is 0.750 bits per heavy atom. The number of hydrogen-bond acceptors (Lipinski definition) is 5. The Balaban J connectivity index is 1.93. The van der Waals surface area contributed by atoms with E-state index in [9.17, 15) is 4.79 Å². The molecule has 1 aliphatic rings. The van der Waals surface area contributed by atoms with Gasteiger partial charge in [-0.3, -0.25) is 4.79 Å². The van der Waals surface area contributed by atoms with Crippen molar-refractivity contribution < 1.29 is 23.7 Å². The van der Waals surface area contributed by atoms with Crippen LogP contribution in [0.1, 0.15) is 50.4 Å². The van der Waals surface area contributed by atoms with Gasteiger partial charge in [0.05, 0.1) is 38.9 Å². The fourth-order valence-electron chi connectivity index (χ4n) is 4.55. The van der Waals surface area contributed by atoms with Crippen molar-refractivity contribution in [2.45, 2.75) is 40.2 Å². The molecule has 0 saturated carbocycles. The van der Waals surface area contributed by atoms with Crippen molar-refractivity contribution in [3.05, 3.63) is 75.8 Å². The molecule has 0 fully saturated rings. The minimum absolute atomic E-state index is 0.00766. The summed E-state index contributed by atoms with van der Waals surface area (Å²) in [6, 6.07) is 17.3. The van der Waals surface area contributed by atoms with Gasteiger partial charge in [0.15, 0.2) is 23.0 Å². The van der Waals surface area contributed by atoms with E-state index >= 15 is 0 Å². The van der Waals surface area contributed by atoms with Crippen LogP contribution in [0.15, 0.2) is 59.1 Å². The molecule has 3 aromatic rings. The second-order valence-corrected chi connectivity index (χ2v) is 9.17. The third kappa shape index (κ3) is 5.31. The van der Waals surface area contributed by atoms with E-state index in [1.165, 1.54) is 0 Å². The number of fused-ring (bicyclic) bond motifs is 1. The van der Waals surface area contributed by atoms with E-state index in [1.54, 1.807) is 0 Å². The summed E-state index contributed by atoms with van der Waals surface area (Å²) >= 11 is 3.51. The summed E-state index contributed by atoms with van der Waals surface area (Å²) in [7, 11) is 0. The van der Waals surface area contributed by atoms with Crippen LogP contribution < -0.4 is 23.8 Å². The number of rotatable bonds is 10. The first-order chi connectivity index (χ1) is 17.5. The van der Waals surface area contributed by atoms with Gasteiger partial charge in [-0.25, -0.2) is 0 Å². The van der Waals surface area contributed by atoms with Crippen molar-refractivity contribution in [3.63, 3.8) is 0 Å². The van der Waals surface area contributed by atoms with Gasteiger partial charge in [-0.2, -0.15) is 0 Å². The van der Waals surface area contributed by atoms with Crippen molar-refractivity contribution in [2.24, 2.45) is 0 Å². The second kappa shape index (κ2) is 11.7. The Hall–Kier alpha value is -3.19. The Morgan fingerprint density at radius 3 is 1.92 bits per heavy atom. The lowest BCUT2D eigenvalue weighted by Crippen LogP contribution is -2.41. The van der Waals surface area contributed by atoms with Crippen LogP contribution in [0.25, 0.3) is 0 Å². The molecule has 3 aromatic carbocycles. The molecule has 0 aromatic heterocycles. The molecule has 190 valence electrons. The summed E-state index contributed by atoms with van der Waals surface area (Å²) in [5, 5.41) is 0. The van der Waals surface area contributed by atoms with Crippen LogP contribution in [0.4, 0.5) is 5.69 Å². The lowest BCUT2D eigenvalue weighted by atomic mass is 9.86. The van der Waals surface area contributed by atoms with Gasteiger partial charge in [-0.05, 0) is 92.9 Å². The maximum absolute atomic E-state index is 13.7. The van der Waals surface area contributed by atoms with Gasteiger partial charge in [-0.15, -0.1) is 0 Å². The van der Waals surface area contributed by atoms with Crippen molar-refractivity contribution >= 4 is 27.5 Å². The molecule has 1 heterocycles. The van der Waals surface area contributed by atoms with E-state index in [2.05, 4.69) is 15.9 Å². The molecule has 4 rings (SSSR count). The fourth-order valence-corrected chi connectivity index (χ4v) is 4.82. The lowest BCUT2D eigenvalue weighted by molar-refractivity contribution is -0.118. The van der Waals surface area contributed by atoms with Gasteiger partial charge in [0.25, 0.3) is 0 Å². The highest BCUT2D eigenvalue weighted by Gasteiger charge is 2.36. The summed E-state index contributed by atoms with van der Waals surface area (Å²) in [5.41, 5.74) is 3.66. The van der Waals surface area contributed by atoms with Crippen molar-refractivity contribution in [1.82, 2.24) is 0 Å². The van der Waals surface area contributed by atoms with Gasteiger partial charge >= 0.3 is 0 Å². The van der Waals surface area contributed by atoms with Gasteiger partial charge in [0.2, 0.25) is 5.91 Å². The van der Waals surface area contributed by atoms with E-state index in [-0.39, 0.29) is 18.4 Å². The van der Waals surface area contributed by atoms with Crippen LogP contribution in [-0.4, -0.2) is 32.3 Å². The van der Waals surface area contributed by atoms with Crippen LogP contribution >= 0.6 is 15.9 Å². The zero-order valence-electron chi connectivity index (χ0n) is 21.2. The Bertz CT molecular complexity index is 1210. The SMILES string of the molecule is CCOc1ccc(C2c3cc(OCC)c(OCC)cc3CC(=O)N2c2ccc(Br)cc2)cc1OCC. The average Bonchev–Trinajstić information content (AvgIpc) is 2.86. The Morgan fingerprint density at radius 2 is 1.31 bits per heavy atom. The van der Waals surface area contributed by atoms with Gasteiger partial charge < -0.3 is 23.8 Å². The topological polar surface area (TPSA) is 57.2 Å². The minimum Gasteiger partial charge on any atom is -0.490 e. The predicted octanol–water partition coefficient (Wildman–Crippen LogP) is 6.72. The first kappa shape index (κ1) is 25.9. The predicted molar refractivity (Wildman–Crippen MR) is 145 cm³/mol. The fraction of sp³-hybridized carbons (Fsp3) is 0.345. The second-order valence-electron chi connectivity index (χ2n) is 8.26. The number of ether oxygens (including phenoxy) is 4. The summed E-state index contributed by atoms with van der Waals surface area (Å²) in [4.78, 5) is 15.5. The monoisotopic (exact) mass is 553 g/mol. The molecule has 7 heteroatoms. The third-order valence-electron chi connectivity index (χ3n) is 5.96. The van der Waals surface area contributed by atoms with Crippen molar-refractivity contribution in [2.75, 3.05) is 31.3 Å². The number of anilines is 1. The summed E-state index contributed by atoms with van der Waals surface area (Å²) in [6.07, 6.45) is 0.268. The van der Waals surface area contributed by atoms with Crippen LogP contribution in [0.3, 0.4) is 0 Å². The maximum Gasteiger partial charge on any atom is 0.232 e. The van der Waals surface area contributed by atoms with E-state index in [0.717, 1.165) is 26.9 Å². The number of carbonyl (C=O) groups is 1. The zero-order valence-corrected chi connectivity index (χ0v) is 22.8. The van der Waals surface area contributed by atoms with Crippen LogP contribution in [0, 0.1) is 0 Å². The zero-order chi connectivity index (χ0) is 25.7. The molecule has 0 saturated heterocycles. The number of nitrogens with zero attached hydrogens (tertiary/aromatic N) is 1. The molecule has 0 bridgehead atoms. The highest BCUT2D eigenvalue weighted by molar-refractivity contribution is 9.10. The van der Waals surface area contributed by atoms with Gasteiger partial charge in [0.1, 0.15) is 0 Å². The molecule has 1 amide bonds. The Labute approximate surface area is 221 Å². The third-order valence-corrected chi connectivity index (χ3v) is 6.49. The average molecular weight is 554 g/mol. The van der Waals surface area contributed by atoms with Gasteiger partial charge in [0, 0.05) is 10.2 Å². The van der Waals surface area contributed by atoms with Crippen molar-refractivity contribution in [3.8, 4) is 23.0 Å². The van der Waals surface area contributed by atoms with E-state index in [1.807, 2.05) is 87.2 Å².